The lowest BCUT2D eigenvalue weighted by atomic mass is 10.1. The maximum Gasteiger partial charge on any atom is 0.522 e. The second-order valence-corrected chi connectivity index (χ2v) is 8.26. The summed E-state index contributed by atoms with van der Waals surface area (Å²) in [6, 6.07) is 2.64. The van der Waals surface area contributed by atoms with Gasteiger partial charge in [-0.05, 0) is 13.8 Å². The summed E-state index contributed by atoms with van der Waals surface area (Å²) in [5, 5.41) is 12.1. The number of carbonyl (C=O) groups excluding carboxylic acids is 1. The highest BCUT2D eigenvalue weighted by Crippen LogP contribution is 2.33. The highest BCUT2D eigenvalue weighted by atomic mass is 35.5. The van der Waals surface area contributed by atoms with Crippen LogP contribution in [-0.4, -0.2) is 61.9 Å². The van der Waals surface area contributed by atoms with Gasteiger partial charge in [-0.25, -0.2) is 19.2 Å². The predicted molar refractivity (Wildman–Crippen MR) is 113 cm³/mol. The van der Waals surface area contributed by atoms with Crippen LogP contribution < -0.4 is 10.6 Å². The van der Waals surface area contributed by atoms with E-state index < -0.39 is 37.4 Å². The van der Waals surface area contributed by atoms with E-state index in [1.807, 2.05) is 0 Å². The maximum absolute atomic E-state index is 14.9. The summed E-state index contributed by atoms with van der Waals surface area (Å²) in [5.74, 6) is 0.280. The molecule has 11 nitrogen and oxygen atoms in total. The number of nitrogens with zero attached hydrogens (tertiary/aromatic N) is 4. The average molecular weight is 522 g/mol. The number of aromatic nitrogens is 5. The molecule has 3 aromatic rings. The first-order valence-corrected chi connectivity index (χ1v) is 10.7. The molecule has 0 aliphatic carbocycles. The van der Waals surface area contributed by atoms with Gasteiger partial charge in [0.05, 0.1) is 24.6 Å². The number of halogens is 5. The van der Waals surface area contributed by atoms with Crippen LogP contribution in [0.2, 0.25) is 5.15 Å². The Balaban J connectivity index is 1.46. The Morgan fingerprint density at radius 2 is 2.14 bits per heavy atom. The van der Waals surface area contributed by atoms with Crippen molar-refractivity contribution in [3.63, 3.8) is 0 Å². The number of hydrogen-bond donors (Lipinski definition) is 3. The monoisotopic (exact) mass is 521 g/mol. The van der Waals surface area contributed by atoms with Crippen molar-refractivity contribution in [3.05, 3.63) is 34.9 Å². The van der Waals surface area contributed by atoms with Gasteiger partial charge in [-0.2, -0.15) is 5.10 Å². The Morgan fingerprint density at radius 3 is 2.86 bits per heavy atom. The van der Waals surface area contributed by atoms with Gasteiger partial charge < -0.3 is 20.1 Å². The SMILES string of the molecule is CC(C)NC(=O)O[C@@H]1CO[C@H](c2cc(Nc3nc(Cl)cc4nc(COC(F)(F)F)cn34)n[nH]2)[C@@H]1F. The van der Waals surface area contributed by atoms with Crippen LogP contribution in [0.3, 0.4) is 0 Å². The number of amides is 1. The minimum atomic E-state index is -4.81. The molecule has 0 radical (unpaired) electrons. The maximum atomic E-state index is 14.9. The molecular weight excluding hydrogens is 502 g/mol. The predicted octanol–water partition coefficient (Wildman–Crippen LogP) is 3.80. The summed E-state index contributed by atoms with van der Waals surface area (Å²) in [5.41, 5.74) is 0.467. The van der Waals surface area contributed by atoms with Crippen LogP contribution in [0.25, 0.3) is 5.65 Å². The molecule has 0 bridgehead atoms. The quantitative estimate of drug-likeness (QED) is 0.316. The zero-order valence-electron chi connectivity index (χ0n) is 18.3. The number of imidazole rings is 1. The first-order valence-electron chi connectivity index (χ1n) is 10.3. The van der Waals surface area contributed by atoms with Crippen LogP contribution in [0.4, 0.5) is 34.1 Å². The van der Waals surface area contributed by atoms with E-state index in [1.165, 1.54) is 22.7 Å². The first-order chi connectivity index (χ1) is 16.5. The number of fused-ring (bicyclic) bond motifs is 1. The number of alkyl halides is 4. The van der Waals surface area contributed by atoms with Gasteiger partial charge in [0, 0.05) is 24.4 Å². The topological polar surface area (TPSA) is 128 Å². The van der Waals surface area contributed by atoms with Crippen LogP contribution in [0.15, 0.2) is 18.3 Å². The summed E-state index contributed by atoms with van der Waals surface area (Å²) in [6.07, 6.45) is -8.08. The molecule has 0 saturated carbocycles. The number of rotatable bonds is 7. The number of aromatic amines is 1. The molecule has 0 unspecified atom stereocenters. The third-order valence-corrected chi connectivity index (χ3v) is 4.94. The fourth-order valence-corrected chi connectivity index (χ4v) is 3.51. The molecule has 0 aromatic carbocycles. The van der Waals surface area contributed by atoms with Gasteiger partial charge >= 0.3 is 12.5 Å². The zero-order valence-corrected chi connectivity index (χ0v) is 19.0. The Bertz CT molecular complexity index is 1200. The molecule has 1 aliphatic rings. The number of H-pyrrole nitrogens is 1. The van der Waals surface area contributed by atoms with Gasteiger partial charge in [0.15, 0.2) is 18.1 Å². The van der Waals surface area contributed by atoms with Crippen molar-refractivity contribution in [1.29, 1.82) is 0 Å². The van der Waals surface area contributed by atoms with Crippen molar-refractivity contribution in [2.24, 2.45) is 0 Å². The van der Waals surface area contributed by atoms with Crippen molar-refractivity contribution >= 4 is 35.1 Å². The number of nitrogens with one attached hydrogen (secondary N) is 3. The molecule has 4 heterocycles. The number of alkyl carbamates (subject to hydrolysis) is 1. The molecule has 1 fully saturated rings. The molecular formula is C19H20ClF4N7O4. The molecule has 0 spiro atoms. The number of carbonyl (C=O) groups is 1. The van der Waals surface area contributed by atoms with Crippen LogP contribution in [-0.2, 0) is 20.8 Å². The van der Waals surface area contributed by atoms with Crippen molar-refractivity contribution in [2.45, 2.75) is 51.2 Å². The van der Waals surface area contributed by atoms with Crippen LogP contribution in [0.5, 0.6) is 0 Å². The highest BCUT2D eigenvalue weighted by molar-refractivity contribution is 6.29. The van der Waals surface area contributed by atoms with Gasteiger partial charge in [-0.15, -0.1) is 13.2 Å². The molecule has 3 N–H and O–H groups in total. The van der Waals surface area contributed by atoms with E-state index in [4.69, 9.17) is 21.1 Å². The number of anilines is 2. The van der Waals surface area contributed by atoms with Crippen molar-refractivity contribution in [2.75, 3.05) is 11.9 Å². The Morgan fingerprint density at radius 1 is 1.37 bits per heavy atom. The smallest absolute Gasteiger partial charge is 0.441 e. The van der Waals surface area contributed by atoms with Crippen molar-refractivity contribution in [1.82, 2.24) is 29.9 Å². The van der Waals surface area contributed by atoms with E-state index in [9.17, 15) is 22.4 Å². The standard InChI is InChI=1S/C19H20ClF4N7O4/c1-8(2)25-18(32)35-11-7-33-16(15(11)21)10-3-13(30-29-10)28-17-27-12(20)4-14-26-9(5-31(14)17)6-34-19(22,23)24/h3-5,8,11,15-16H,6-7H2,1-2H3,(H,25,32)(H2,27,28,29,30)/t11-,15-,16-/m1/s1. The molecule has 190 valence electrons. The fourth-order valence-electron chi connectivity index (χ4n) is 3.33. The van der Waals surface area contributed by atoms with E-state index in [0.717, 1.165) is 0 Å². The summed E-state index contributed by atoms with van der Waals surface area (Å²) >= 11 is 6.01. The minimum absolute atomic E-state index is 0.00988. The lowest BCUT2D eigenvalue weighted by molar-refractivity contribution is -0.330. The Labute approximate surface area is 200 Å². The third kappa shape index (κ3) is 6.10. The first kappa shape index (κ1) is 24.9. The summed E-state index contributed by atoms with van der Waals surface area (Å²) in [7, 11) is 0. The summed E-state index contributed by atoms with van der Waals surface area (Å²) in [4.78, 5) is 19.9. The van der Waals surface area contributed by atoms with Gasteiger partial charge in [0.2, 0.25) is 5.95 Å². The highest BCUT2D eigenvalue weighted by Gasteiger charge is 2.42. The molecule has 4 rings (SSSR count). The van der Waals surface area contributed by atoms with Crippen LogP contribution >= 0.6 is 11.6 Å². The Hall–Kier alpha value is -3.17. The molecule has 16 heteroatoms. The Kier molecular flexibility index (Phi) is 7.00. The summed E-state index contributed by atoms with van der Waals surface area (Å²) < 4.78 is 67.6. The molecule has 1 amide bonds. The van der Waals surface area contributed by atoms with Gasteiger partial charge in [0.1, 0.15) is 16.9 Å². The van der Waals surface area contributed by atoms with E-state index >= 15 is 0 Å². The molecule has 1 saturated heterocycles. The van der Waals surface area contributed by atoms with Crippen molar-refractivity contribution < 1.29 is 36.6 Å². The lowest BCUT2D eigenvalue weighted by Gasteiger charge is -2.16. The van der Waals surface area contributed by atoms with Crippen molar-refractivity contribution in [3.8, 4) is 0 Å². The minimum Gasteiger partial charge on any atom is -0.441 e. The zero-order chi connectivity index (χ0) is 25.3. The van der Waals surface area contributed by atoms with Gasteiger partial charge in [0.25, 0.3) is 0 Å². The second kappa shape index (κ2) is 9.83. The van der Waals surface area contributed by atoms with Gasteiger partial charge in [-0.1, -0.05) is 11.6 Å². The molecule has 3 aromatic heterocycles. The van der Waals surface area contributed by atoms with E-state index in [1.54, 1.807) is 13.8 Å². The molecule has 1 aliphatic heterocycles. The van der Waals surface area contributed by atoms with E-state index in [2.05, 4.69) is 35.5 Å². The largest absolute Gasteiger partial charge is 0.522 e. The molecule has 35 heavy (non-hydrogen) atoms. The lowest BCUT2D eigenvalue weighted by Crippen LogP contribution is -2.36. The third-order valence-electron chi connectivity index (χ3n) is 4.75. The van der Waals surface area contributed by atoms with Gasteiger partial charge in [-0.3, -0.25) is 14.2 Å². The second-order valence-electron chi connectivity index (χ2n) is 7.87. The van der Waals surface area contributed by atoms with Crippen LogP contribution in [0.1, 0.15) is 31.3 Å². The fraction of sp³-hybridized carbons (Fsp3) is 0.474. The number of hydrogen-bond acceptors (Lipinski definition) is 8. The molecule has 3 atom stereocenters. The number of ether oxygens (including phenoxy) is 3. The average Bonchev–Trinajstić information content (AvgIpc) is 3.45. The summed E-state index contributed by atoms with van der Waals surface area (Å²) in [6.45, 7) is 2.53. The normalized spacial score (nSPS) is 20.5. The van der Waals surface area contributed by atoms with E-state index in [0.29, 0.717) is 0 Å². The van der Waals surface area contributed by atoms with E-state index in [-0.39, 0.29) is 46.6 Å². The van der Waals surface area contributed by atoms with Crippen LogP contribution in [0, 0.1) is 0 Å².